The van der Waals surface area contributed by atoms with E-state index in [4.69, 9.17) is 5.11 Å². The smallest absolute Gasteiger partial charge is 0.0447 e. The standard InChI is InChI=1S/C15H26N2O/c1-4-16-12-14-8-5-6-9-15(14)17(13(2)3)10-7-11-18/h5-6,8-9,13,16,18H,4,7,10-12H2,1-3H3. The monoisotopic (exact) mass is 250 g/mol. The molecule has 1 rings (SSSR count). The molecule has 0 aliphatic rings. The predicted molar refractivity (Wildman–Crippen MR) is 78.0 cm³/mol. The van der Waals surface area contributed by atoms with Crippen molar-refractivity contribution in [1.29, 1.82) is 0 Å². The number of aliphatic hydroxyl groups is 1. The minimum Gasteiger partial charge on any atom is -0.396 e. The van der Waals surface area contributed by atoms with Gasteiger partial charge in [-0.25, -0.2) is 0 Å². The minimum absolute atomic E-state index is 0.249. The van der Waals surface area contributed by atoms with E-state index in [9.17, 15) is 0 Å². The average Bonchev–Trinajstić information content (AvgIpc) is 2.37. The summed E-state index contributed by atoms with van der Waals surface area (Å²) in [5.41, 5.74) is 2.60. The molecule has 0 bridgehead atoms. The molecule has 0 fully saturated rings. The van der Waals surface area contributed by atoms with Crippen molar-refractivity contribution in [2.75, 3.05) is 24.6 Å². The molecule has 0 atom stereocenters. The molecule has 3 nitrogen and oxygen atoms in total. The summed E-state index contributed by atoms with van der Waals surface area (Å²) < 4.78 is 0. The molecule has 18 heavy (non-hydrogen) atoms. The molecule has 0 aliphatic heterocycles. The summed E-state index contributed by atoms with van der Waals surface area (Å²) in [4.78, 5) is 2.36. The lowest BCUT2D eigenvalue weighted by Gasteiger charge is -2.31. The molecule has 1 aromatic rings. The number of hydrogen-bond donors (Lipinski definition) is 2. The molecule has 102 valence electrons. The second kappa shape index (κ2) is 8.11. The van der Waals surface area contributed by atoms with Crippen LogP contribution < -0.4 is 10.2 Å². The first-order chi connectivity index (χ1) is 8.70. The van der Waals surface area contributed by atoms with E-state index in [1.54, 1.807) is 0 Å². The van der Waals surface area contributed by atoms with Crippen LogP contribution in [0.4, 0.5) is 5.69 Å². The highest BCUT2D eigenvalue weighted by molar-refractivity contribution is 5.54. The van der Waals surface area contributed by atoms with Crippen molar-refractivity contribution >= 4 is 5.69 Å². The van der Waals surface area contributed by atoms with Crippen LogP contribution in [0, 0.1) is 0 Å². The van der Waals surface area contributed by atoms with Crippen LogP contribution in [0.2, 0.25) is 0 Å². The maximum atomic E-state index is 9.02. The van der Waals surface area contributed by atoms with Crippen LogP contribution in [-0.2, 0) is 6.54 Å². The van der Waals surface area contributed by atoms with Gasteiger partial charge >= 0.3 is 0 Å². The Bertz CT molecular complexity index is 339. The Morgan fingerprint density at radius 3 is 2.61 bits per heavy atom. The normalized spacial score (nSPS) is 10.9. The van der Waals surface area contributed by atoms with Gasteiger partial charge in [0.25, 0.3) is 0 Å². The largest absolute Gasteiger partial charge is 0.396 e. The average molecular weight is 250 g/mol. The second-order valence-electron chi connectivity index (χ2n) is 4.77. The third-order valence-corrected chi connectivity index (χ3v) is 3.05. The van der Waals surface area contributed by atoms with Crippen LogP contribution in [0.5, 0.6) is 0 Å². The lowest BCUT2D eigenvalue weighted by molar-refractivity contribution is 0.288. The second-order valence-corrected chi connectivity index (χ2v) is 4.77. The fourth-order valence-electron chi connectivity index (χ4n) is 2.10. The molecule has 0 spiro atoms. The summed E-state index contributed by atoms with van der Waals surface area (Å²) in [5.74, 6) is 0. The van der Waals surface area contributed by atoms with Gasteiger partial charge in [-0.05, 0) is 38.4 Å². The zero-order chi connectivity index (χ0) is 13.4. The van der Waals surface area contributed by atoms with Crippen LogP contribution in [-0.4, -0.2) is 30.8 Å². The Labute approximate surface area is 111 Å². The highest BCUT2D eigenvalue weighted by atomic mass is 16.3. The first-order valence-electron chi connectivity index (χ1n) is 6.86. The molecular formula is C15H26N2O. The van der Waals surface area contributed by atoms with Crippen LogP contribution in [0.1, 0.15) is 32.8 Å². The van der Waals surface area contributed by atoms with Crippen LogP contribution >= 0.6 is 0 Å². The first kappa shape index (κ1) is 15.0. The maximum absolute atomic E-state index is 9.02. The van der Waals surface area contributed by atoms with Gasteiger partial charge in [0.05, 0.1) is 0 Å². The van der Waals surface area contributed by atoms with Gasteiger partial charge in [-0.1, -0.05) is 25.1 Å². The lowest BCUT2D eigenvalue weighted by Crippen LogP contribution is -2.33. The van der Waals surface area contributed by atoms with Crippen molar-refractivity contribution < 1.29 is 5.11 Å². The molecular weight excluding hydrogens is 224 g/mol. The molecule has 0 unspecified atom stereocenters. The third-order valence-electron chi connectivity index (χ3n) is 3.05. The Hall–Kier alpha value is -1.06. The molecule has 1 aromatic carbocycles. The van der Waals surface area contributed by atoms with Crippen LogP contribution in [0.25, 0.3) is 0 Å². The molecule has 3 heteroatoms. The van der Waals surface area contributed by atoms with E-state index in [1.165, 1.54) is 11.3 Å². The number of benzene rings is 1. The van der Waals surface area contributed by atoms with Gasteiger partial charge in [-0.2, -0.15) is 0 Å². The summed E-state index contributed by atoms with van der Waals surface area (Å²) in [6.45, 7) is 9.54. The summed E-state index contributed by atoms with van der Waals surface area (Å²) in [6.07, 6.45) is 0.813. The Kier molecular flexibility index (Phi) is 6.76. The van der Waals surface area contributed by atoms with Gasteiger partial charge < -0.3 is 15.3 Å². The molecule has 0 radical (unpaired) electrons. The number of nitrogens with zero attached hydrogens (tertiary/aromatic N) is 1. The van der Waals surface area contributed by atoms with Crippen molar-refractivity contribution in [3.8, 4) is 0 Å². The van der Waals surface area contributed by atoms with Gasteiger partial charge in [0.1, 0.15) is 0 Å². The van der Waals surface area contributed by atoms with Crippen molar-refractivity contribution in [3.05, 3.63) is 29.8 Å². The van der Waals surface area contributed by atoms with Gasteiger partial charge in [0.15, 0.2) is 0 Å². The van der Waals surface area contributed by atoms with E-state index >= 15 is 0 Å². The Morgan fingerprint density at radius 2 is 2.00 bits per heavy atom. The molecule has 0 saturated carbocycles. The molecule has 0 saturated heterocycles. The van der Waals surface area contributed by atoms with E-state index in [-0.39, 0.29) is 6.61 Å². The fourth-order valence-corrected chi connectivity index (χ4v) is 2.10. The van der Waals surface area contributed by atoms with Crippen molar-refractivity contribution in [3.63, 3.8) is 0 Å². The zero-order valence-electron chi connectivity index (χ0n) is 11.8. The van der Waals surface area contributed by atoms with E-state index in [0.29, 0.717) is 6.04 Å². The predicted octanol–water partition coefficient (Wildman–Crippen LogP) is 2.39. The fraction of sp³-hybridized carbons (Fsp3) is 0.600. The quantitative estimate of drug-likeness (QED) is 0.743. The molecule has 0 amide bonds. The third kappa shape index (κ3) is 4.31. The topological polar surface area (TPSA) is 35.5 Å². The number of rotatable bonds is 8. The summed E-state index contributed by atoms with van der Waals surface area (Å²) in [5, 5.41) is 12.4. The van der Waals surface area contributed by atoms with E-state index in [2.05, 4.69) is 55.3 Å². The van der Waals surface area contributed by atoms with Crippen LogP contribution in [0.3, 0.4) is 0 Å². The summed E-state index contributed by atoms with van der Waals surface area (Å²) >= 11 is 0. The number of nitrogens with one attached hydrogen (secondary N) is 1. The molecule has 2 N–H and O–H groups in total. The highest BCUT2D eigenvalue weighted by Crippen LogP contribution is 2.22. The van der Waals surface area contributed by atoms with E-state index in [1.807, 2.05) is 0 Å². The Balaban J connectivity index is 2.88. The van der Waals surface area contributed by atoms with Crippen molar-refractivity contribution in [2.45, 2.75) is 39.8 Å². The zero-order valence-corrected chi connectivity index (χ0v) is 11.8. The van der Waals surface area contributed by atoms with Gasteiger partial charge in [0.2, 0.25) is 0 Å². The van der Waals surface area contributed by atoms with E-state index < -0.39 is 0 Å². The number of aliphatic hydroxyl groups excluding tert-OH is 1. The number of hydrogen-bond acceptors (Lipinski definition) is 3. The molecule has 0 aromatic heterocycles. The highest BCUT2D eigenvalue weighted by Gasteiger charge is 2.13. The lowest BCUT2D eigenvalue weighted by atomic mass is 10.1. The maximum Gasteiger partial charge on any atom is 0.0447 e. The SMILES string of the molecule is CCNCc1ccccc1N(CCCO)C(C)C. The minimum atomic E-state index is 0.249. The van der Waals surface area contributed by atoms with E-state index in [0.717, 1.165) is 26.1 Å². The summed E-state index contributed by atoms with van der Waals surface area (Å²) in [7, 11) is 0. The molecule has 0 aliphatic carbocycles. The van der Waals surface area contributed by atoms with Gasteiger partial charge in [0, 0.05) is 31.4 Å². The Morgan fingerprint density at radius 1 is 1.28 bits per heavy atom. The molecule has 0 heterocycles. The van der Waals surface area contributed by atoms with Gasteiger partial charge in [-0.3, -0.25) is 0 Å². The number of anilines is 1. The van der Waals surface area contributed by atoms with Crippen molar-refractivity contribution in [2.24, 2.45) is 0 Å². The van der Waals surface area contributed by atoms with Gasteiger partial charge in [-0.15, -0.1) is 0 Å². The number of para-hydroxylation sites is 1. The summed E-state index contributed by atoms with van der Waals surface area (Å²) in [6, 6.07) is 8.95. The van der Waals surface area contributed by atoms with Crippen LogP contribution in [0.15, 0.2) is 24.3 Å². The first-order valence-corrected chi connectivity index (χ1v) is 6.86. The van der Waals surface area contributed by atoms with Crippen molar-refractivity contribution in [1.82, 2.24) is 5.32 Å².